The summed E-state index contributed by atoms with van der Waals surface area (Å²) in [6.45, 7) is 9.28. The van der Waals surface area contributed by atoms with Gasteiger partial charge in [-0.25, -0.2) is 0 Å². The van der Waals surface area contributed by atoms with E-state index in [0.717, 1.165) is 23.3 Å². The standard InChI is InChI=1S/C21H23BN2O2S/c1-20(2)21(3,4)26-22(25-20)17-7-10-19-16(13-17)11-12-24(19)27-18-8-5-15(14-23)6-9-18/h5-10,13H,11-12H2,1-4H3. The predicted molar refractivity (Wildman–Crippen MR) is 110 cm³/mol. The van der Waals surface area contributed by atoms with Gasteiger partial charge in [-0.05, 0) is 87.4 Å². The molecule has 0 aliphatic carbocycles. The highest BCUT2D eigenvalue weighted by Gasteiger charge is 2.51. The third-order valence-corrected chi connectivity index (χ3v) is 6.76. The van der Waals surface area contributed by atoms with E-state index in [4.69, 9.17) is 14.6 Å². The Balaban J connectivity index is 1.52. The highest BCUT2D eigenvalue weighted by molar-refractivity contribution is 8.00. The molecular formula is C21H23BN2O2S. The van der Waals surface area contributed by atoms with Gasteiger partial charge in [0.15, 0.2) is 0 Å². The molecule has 0 radical (unpaired) electrons. The lowest BCUT2D eigenvalue weighted by Crippen LogP contribution is -2.41. The molecule has 2 aliphatic rings. The molecule has 0 spiro atoms. The zero-order chi connectivity index (χ0) is 19.2. The number of hydrogen-bond acceptors (Lipinski definition) is 5. The van der Waals surface area contributed by atoms with Crippen LogP contribution < -0.4 is 9.77 Å². The monoisotopic (exact) mass is 378 g/mol. The maximum absolute atomic E-state index is 8.94. The summed E-state index contributed by atoms with van der Waals surface area (Å²) < 4.78 is 14.7. The van der Waals surface area contributed by atoms with E-state index < -0.39 is 0 Å². The van der Waals surface area contributed by atoms with E-state index >= 15 is 0 Å². The van der Waals surface area contributed by atoms with Crippen LogP contribution in [0.15, 0.2) is 47.4 Å². The van der Waals surface area contributed by atoms with Crippen LogP contribution in [0.2, 0.25) is 0 Å². The maximum atomic E-state index is 8.94. The highest BCUT2D eigenvalue weighted by atomic mass is 32.2. The Morgan fingerprint density at radius 3 is 2.33 bits per heavy atom. The third kappa shape index (κ3) is 3.36. The van der Waals surface area contributed by atoms with E-state index in [0.29, 0.717) is 5.56 Å². The molecule has 4 nitrogen and oxygen atoms in total. The van der Waals surface area contributed by atoms with E-state index in [1.54, 1.807) is 11.9 Å². The fourth-order valence-electron chi connectivity index (χ4n) is 3.33. The first-order chi connectivity index (χ1) is 12.8. The van der Waals surface area contributed by atoms with Gasteiger partial charge in [0.25, 0.3) is 0 Å². The van der Waals surface area contributed by atoms with Gasteiger partial charge in [0.2, 0.25) is 0 Å². The van der Waals surface area contributed by atoms with Crippen molar-refractivity contribution < 1.29 is 9.31 Å². The average molecular weight is 378 g/mol. The molecule has 0 aromatic heterocycles. The summed E-state index contributed by atoms with van der Waals surface area (Å²) in [6, 6.07) is 16.4. The summed E-state index contributed by atoms with van der Waals surface area (Å²) >= 11 is 1.71. The molecule has 2 aromatic rings. The Labute approximate surface area is 165 Å². The highest BCUT2D eigenvalue weighted by Crippen LogP contribution is 2.38. The molecule has 2 aromatic carbocycles. The van der Waals surface area contributed by atoms with E-state index in [1.165, 1.54) is 11.3 Å². The molecule has 0 amide bonds. The van der Waals surface area contributed by atoms with Gasteiger partial charge in [0, 0.05) is 11.4 Å². The smallest absolute Gasteiger partial charge is 0.399 e. The Morgan fingerprint density at radius 2 is 1.70 bits per heavy atom. The molecule has 1 saturated heterocycles. The molecule has 6 heteroatoms. The molecule has 1 fully saturated rings. The van der Waals surface area contributed by atoms with Crippen LogP contribution in [0.5, 0.6) is 0 Å². The third-order valence-electron chi connectivity index (χ3n) is 5.68. The molecule has 138 valence electrons. The largest absolute Gasteiger partial charge is 0.494 e. The van der Waals surface area contributed by atoms with Crippen molar-refractivity contribution in [3.05, 3.63) is 53.6 Å². The van der Waals surface area contributed by atoms with Crippen molar-refractivity contribution in [2.45, 2.75) is 50.2 Å². The van der Waals surface area contributed by atoms with Crippen molar-refractivity contribution in [2.24, 2.45) is 0 Å². The maximum Gasteiger partial charge on any atom is 0.494 e. The summed E-state index contributed by atoms with van der Waals surface area (Å²) in [7, 11) is -0.319. The average Bonchev–Trinajstić information content (AvgIpc) is 3.12. The molecule has 0 saturated carbocycles. The summed E-state index contributed by atoms with van der Waals surface area (Å²) in [6.07, 6.45) is 1.01. The lowest BCUT2D eigenvalue weighted by Gasteiger charge is -2.32. The van der Waals surface area contributed by atoms with Crippen LogP contribution in [0.3, 0.4) is 0 Å². The first-order valence-electron chi connectivity index (χ1n) is 9.23. The van der Waals surface area contributed by atoms with Crippen molar-refractivity contribution >= 4 is 30.2 Å². The molecule has 2 heterocycles. The summed E-state index contributed by atoms with van der Waals surface area (Å²) in [5.74, 6) is 0. The van der Waals surface area contributed by atoms with E-state index in [9.17, 15) is 0 Å². The van der Waals surface area contributed by atoms with Gasteiger partial charge in [0.1, 0.15) is 0 Å². The number of benzene rings is 2. The van der Waals surface area contributed by atoms with Crippen molar-refractivity contribution in [1.29, 1.82) is 5.26 Å². The topological polar surface area (TPSA) is 45.5 Å². The normalized spacial score (nSPS) is 19.8. The van der Waals surface area contributed by atoms with Gasteiger partial charge in [-0.15, -0.1) is 0 Å². The molecular weight excluding hydrogens is 355 g/mol. The van der Waals surface area contributed by atoms with Crippen molar-refractivity contribution in [1.82, 2.24) is 0 Å². The molecule has 27 heavy (non-hydrogen) atoms. The second kappa shape index (κ2) is 6.59. The van der Waals surface area contributed by atoms with Crippen LogP contribution in [0.25, 0.3) is 0 Å². The van der Waals surface area contributed by atoms with E-state index in [2.05, 4.69) is 56.3 Å². The van der Waals surface area contributed by atoms with Gasteiger partial charge < -0.3 is 13.6 Å². The Bertz CT molecular complexity index is 889. The molecule has 0 N–H and O–H groups in total. The van der Waals surface area contributed by atoms with Gasteiger partial charge in [-0.3, -0.25) is 0 Å². The molecule has 0 atom stereocenters. The van der Waals surface area contributed by atoms with E-state index in [1.807, 2.05) is 24.3 Å². The summed E-state index contributed by atoms with van der Waals surface area (Å²) in [5, 5.41) is 8.94. The SMILES string of the molecule is CC1(C)OB(c2ccc3c(c2)CCN3Sc2ccc(C#N)cc2)OC1(C)C. The predicted octanol–water partition coefficient (Wildman–Crippen LogP) is 3.93. The fraction of sp³-hybridized carbons (Fsp3) is 0.381. The first-order valence-corrected chi connectivity index (χ1v) is 10.0. The van der Waals surface area contributed by atoms with Crippen LogP contribution >= 0.6 is 11.9 Å². The quantitative estimate of drug-likeness (QED) is 0.598. The summed E-state index contributed by atoms with van der Waals surface area (Å²) in [4.78, 5) is 1.14. The Kier molecular flexibility index (Phi) is 4.50. The van der Waals surface area contributed by atoms with Crippen molar-refractivity contribution in [2.75, 3.05) is 10.8 Å². The number of rotatable bonds is 3. The number of nitriles is 1. The Morgan fingerprint density at radius 1 is 1.04 bits per heavy atom. The van der Waals surface area contributed by atoms with Gasteiger partial charge in [-0.1, -0.05) is 12.1 Å². The van der Waals surface area contributed by atoms with Crippen LogP contribution in [0, 0.1) is 11.3 Å². The number of hydrogen-bond donors (Lipinski definition) is 0. The van der Waals surface area contributed by atoms with Crippen molar-refractivity contribution in [3.8, 4) is 6.07 Å². The summed E-state index contributed by atoms with van der Waals surface area (Å²) in [5.41, 5.74) is 3.68. The van der Waals surface area contributed by atoms with Crippen LogP contribution in [0.4, 0.5) is 5.69 Å². The first kappa shape index (κ1) is 18.4. The van der Waals surface area contributed by atoms with Crippen LogP contribution in [-0.2, 0) is 15.7 Å². The Hall–Kier alpha value is -1.94. The minimum atomic E-state index is -0.325. The van der Waals surface area contributed by atoms with Crippen LogP contribution in [0.1, 0.15) is 38.8 Å². The van der Waals surface area contributed by atoms with Gasteiger partial charge in [0.05, 0.1) is 28.5 Å². The van der Waals surface area contributed by atoms with Gasteiger partial charge >= 0.3 is 7.12 Å². The van der Waals surface area contributed by atoms with E-state index in [-0.39, 0.29) is 18.3 Å². The van der Waals surface area contributed by atoms with Gasteiger partial charge in [-0.2, -0.15) is 5.26 Å². The van der Waals surface area contributed by atoms with Crippen molar-refractivity contribution in [3.63, 3.8) is 0 Å². The number of fused-ring (bicyclic) bond motifs is 1. The zero-order valence-electron chi connectivity index (χ0n) is 16.2. The second-order valence-electron chi connectivity index (χ2n) is 8.06. The second-order valence-corrected chi connectivity index (χ2v) is 9.15. The fourth-order valence-corrected chi connectivity index (χ4v) is 4.30. The number of nitrogens with zero attached hydrogens (tertiary/aromatic N) is 2. The molecule has 2 aliphatic heterocycles. The van der Waals surface area contributed by atoms with Crippen LogP contribution in [-0.4, -0.2) is 24.9 Å². The minimum Gasteiger partial charge on any atom is -0.399 e. The lowest BCUT2D eigenvalue weighted by atomic mass is 9.78. The molecule has 4 rings (SSSR count). The lowest BCUT2D eigenvalue weighted by molar-refractivity contribution is 0.00578. The number of anilines is 1. The zero-order valence-corrected chi connectivity index (χ0v) is 17.0. The minimum absolute atomic E-state index is 0.319. The molecule has 0 unspecified atom stereocenters. The molecule has 0 bridgehead atoms.